The lowest BCUT2D eigenvalue weighted by molar-refractivity contribution is -0.118. The molecule has 0 aliphatic rings. The van der Waals surface area contributed by atoms with E-state index in [1.807, 2.05) is 50.2 Å². The van der Waals surface area contributed by atoms with Gasteiger partial charge in [0.1, 0.15) is 0 Å². The number of halogens is 1. The maximum Gasteiger partial charge on any atom is 0.232 e. The van der Waals surface area contributed by atoms with Gasteiger partial charge in [0.15, 0.2) is 0 Å². The van der Waals surface area contributed by atoms with Crippen LogP contribution >= 0.6 is 11.6 Å². The van der Waals surface area contributed by atoms with Crippen molar-refractivity contribution in [1.29, 1.82) is 5.26 Å². The molecule has 0 aromatic heterocycles. The number of hydrogen-bond acceptors (Lipinski definition) is 2. The number of carbonyl (C=O) groups excluding carboxylic acids is 1. The number of carbonyl (C=O) groups is 1. The Morgan fingerprint density at radius 1 is 1.13 bits per heavy atom. The van der Waals surface area contributed by atoms with Crippen LogP contribution in [-0.2, 0) is 11.2 Å². The lowest BCUT2D eigenvalue weighted by atomic mass is 9.87. The molecule has 0 saturated heterocycles. The van der Waals surface area contributed by atoms with Gasteiger partial charge in [-0.2, -0.15) is 5.26 Å². The van der Waals surface area contributed by atoms with Crippen LogP contribution in [0.2, 0.25) is 5.02 Å². The number of benzene rings is 2. The Bertz CT molecular complexity index is 700. The quantitative estimate of drug-likeness (QED) is 0.859. The van der Waals surface area contributed by atoms with Gasteiger partial charge in [0.2, 0.25) is 5.91 Å². The molecule has 118 valence electrons. The Morgan fingerprint density at radius 2 is 1.74 bits per heavy atom. The van der Waals surface area contributed by atoms with Crippen molar-refractivity contribution in [2.45, 2.75) is 26.2 Å². The average molecular weight is 327 g/mol. The lowest BCUT2D eigenvalue weighted by Crippen LogP contribution is -2.25. The highest BCUT2D eigenvalue weighted by Gasteiger charge is 2.24. The average Bonchev–Trinajstić information content (AvgIpc) is 2.51. The van der Waals surface area contributed by atoms with E-state index >= 15 is 0 Å². The summed E-state index contributed by atoms with van der Waals surface area (Å²) in [5.74, 6) is -0.129. The number of nitrogens with one attached hydrogen (secondary N) is 1. The molecule has 3 nitrogen and oxygen atoms in total. The van der Waals surface area contributed by atoms with Crippen molar-refractivity contribution >= 4 is 23.2 Å². The highest BCUT2D eigenvalue weighted by molar-refractivity contribution is 6.30. The first-order valence-electron chi connectivity index (χ1n) is 7.53. The fourth-order valence-electron chi connectivity index (χ4n) is 2.53. The molecule has 0 fully saturated rings. The first-order chi connectivity index (χ1) is 11.0. The fourth-order valence-corrected chi connectivity index (χ4v) is 2.65. The van der Waals surface area contributed by atoms with Gasteiger partial charge in [-0.3, -0.25) is 4.79 Å². The first-order valence-corrected chi connectivity index (χ1v) is 7.91. The lowest BCUT2D eigenvalue weighted by Gasteiger charge is -2.21. The van der Waals surface area contributed by atoms with Crippen LogP contribution in [0, 0.1) is 17.2 Å². The monoisotopic (exact) mass is 326 g/mol. The molecule has 0 bridgehead atoms. The SMILES string of the molecule is CC(C)[C@H](C(=O)Nc1ccc(CC#N)cc1)c1ccc(Cl)cc1. The van der Waals surface area contributed by atoms with Crippen LogP contribution in [0.1, 0.15) is 30.9 Å². The molecule has 0 heterocycles. The van der Waals surface area contributed by atoms with Gasteiger partial charge in [0, 0.05) is 10.7 Å². The first kappa shape index (κ1) is 17.1. The summed E-state index contributed by atoms with van der Waals surface area (Å²) in [7, 11) is 0. The fraction of sp³-hybridized carbons (Fsp3) is 0.263. The van der Waals surface area contributed by atoms with Crippen LogP contribution in [0.3, 0.4) is 0 Å². The minimum Gasteiger partial charge on any atom is -0.326 e. The molecule has 4 heteroatoms. The van der Waals surface area contributed by atoms with Gasteiger partial charge < -0.3 is 5.32 Å². The highest BCUT2D eigenvalue weighted by Crippen LogP contribution is 2.27. The van der Waals surface area contributed by atoms with E-state index in [9.17, 15) is 4.79 Å². The topological polar surface area (TPSA) is 52.9 Å². The predicted octanol–water partition coefficient (Wildman–Crippen LogP) is 4.78. The zero-order valence-electron chi connectivity index (χ0n) is 13.2. The molecular formula is C19H19ClN2O. The second-order valence-corrected chi connectivity index (χ2v) is 6.23. The second kappa shape index (κ2) is 7.80. The van der Waals surface area contributed by atoms with Crippen molar-refractivity contribution in [2.24, 2.45) is 5.92 Å². The van der Waals surface area contributed by atoms with Crippen LogP contribution in [0.15, 0.2) is 48.5 Å². The van der Waals surface area contributed by atoms with Crippen LogP contribution in [-0.4, -0.2) is 5.91 Å². The molecule has 1 amide bonds. The molecule has 0 saturated carbocycles. The van der Waals surface area contributed by atoms with Crippen LogP contribution in [0.5, 0.6) is 0 Å². The summed E-state index contributed by atoms with van der Waals surface area (Å²) in [5.41, 5.74) is 2.61. The molecule has 2 rings (SSSR count). The maximum atomic E-state index is 12.7. The van der Waals surface area contributed by atoms with E-state index in [0.29, 0.717) is 11.4 Å². The number of nitriles is 1. The Hall–Kier alpha value is -2.31. The molecule has 1 N–H and O–H groups in total. The normalized spacial score (nSPS) is 11.8. The van der Waals surface area contributed by atoms with Crippen molar-refractivity contribution < 1.29 is 4.79 Å². The summed E-state index contributed by atoms with van der Waals surface area (Å²) in [6.45, 7) is 4.05. The van der Waals surface area contributed by atoms with E-state index < -0.39 is 0 Å². The summed E-state index contributed by atoms with van der Waals surface area (Å²) in [6.07, 6.45) is 0.369. The van der Waals surface area contributed by atoms with Crippen LogP contribution in [0.4, 0.5) is 5.69 Å². The zero-order chi connectivity index (χ0) is 16.8. The summed E-state index contributed by atoms with van der Waals surface area (Å²) in [5, 5.41) is 12.3. The van der Waals surface area contributed by atoms with E-state index in [-0.39, 0.29) is 17.7 Å². The third kappa shape index (κ3) is 4.58. The van der Waals surface area contributed by atoms with Crippen LogP contribution in [0.25, 0.3) is 0 Å². The largest absolute Gasteiger partial charge is 0.326 e. The zero-order valence-corrected chi connectivity index (χ0v) is 14.0. The van der Waals surface area contributed by atoms with E-state index in [1.54, 1.807) is 12.1 Å². The third-order valence-corrected chi connectivity index (χ3v) is 3.93. The minimum atomic E-state index is -0.244. The Kier molecular flexibility index (Phi) is 5.78. The smallest absolute Gasteiger partial charge is 0.232 e. The van der Waals surface area contributed by atoms with E-state index in [2.05, 4.69) is 11.4 Å². The van der Waals surface area contributed by atoms with Crippen molar-refractivity contribution in [3.05, 3.63) is 64.7 Å². The Labute approximate surface area is 141 Å². The van der Waals surface area contributed by atoms with E-state index in [4.69, 9.17) is 16.9 Å². The van der Waals surface area contributed by atoms with Crippen molar-refractivity contribution in [2.75, 3.05) is 5.32 Å². The van der Waals surface area contributed by atoms with Gasteiger partial charge in [-0.25, -0.2) is 0 Å². The molecule has 23 heavy (non-hydrogen) atoms. The Morgan fingerprint density at radius 3 is 2.26 bits per heavy atom. The number of anilines is 1. The predicted molar refractivity (Wildman–Crippen MR) is 93.4 cm³/mol. The minimum absolute atomic E-state index is 0.0460. The van der Waals surface area contributed by atoms with Gasteiger partial charge in [0.05, 0.1) is 18.4 Å². The summed E-state index contributed by atoms with van der Waals surface area (Å²) in [6, 6.07) is 16.8. The number of amides is 1. The second-order valence-electron chi connectivity index (χ2n) is 5.79. The standard InChI is InChI=1S/C19H19ClN2O/c1-13(2)18(15-5-7-16(20)8-6-15)19(23)22-17-9-3-14(4-10-17)11-12-21/h3-10,13,18H,11H2,1-2H3,(H,22,23)/t18-/m0/s1. The van der Waals surface area contributed by atoms with Gasteiger partial charge in [-0.1, -0.05) is 49.7 Å². The summed E-state index contributed by atoms with van der Waals surface area (Å²) < 4.78 is 0. The maximum absolute atomic E-state index is 12.7. The van der Waals surface area contributed by atoms with Gasteiger partial charge in [-0.05, 0) is 41.3 Å². The van der Waals surface area contributed by atoms with E-state index in [0.717, 1.165) is 16.8 Å². The van der Waals surface area contributed by atoms with Crippen molar-refractivity contribution in [3.63, 3.8) is 0 Å². The summed E-state index contributed by atoms with van der Waals surface area (Å²) in [4.78, 5) is 12.7. The third-order valence-electron chi connectivity index (χ3n) is 3.68. The number of hydrogen-bond donors (Lipinski definition) is 1. The number of rotatable bonds is 5. The van der Waals surface area contributed by atoms with E-state index in [1.165, 1.54) is 0 Å². The molecule has 0 aliphatic carbocycles. The molecule has 2 aromatic rings. The molecule has 2 aromatic carbocycles. The Balaban J connectivity index is 2.15. The highest BCUT2D eigenvalue weighted by atomic mass is 35.5. The van der Waals surface area contributed by atoms with Gasteiger partial charge >= 0.3 is 0 Å². The van der Waals surface area contributed by atoms with Crippen molar-refractivity contribution in [1.82, 2.24) is 0 Å². The molecular weight excluding hydrogens is 308 g/mol. The number of nitrogens with zero attached hydrogens (tertiary/aromatic N) is 1. The summed E-state index contributed by atoms with van der Waals surface area (Å²) >= 11 is 5.92. The molecule has 0 radical (unpaired) electrons. The molecule has 0 aliphatic heterocycles. The molecule has 0 spiro atoms. The van der Waals surface area contributed by atoms with Crippen LogP contribution < -0.4 is 5.32 Å². The van der Waals surface area contributed by atoms with Crippen molar-refractivity contribution in [3.8, 4) is 6.07 Å². The molecule has 1 atom stereocenters. The molecule has 0 unspecified atom stereocenters. The van der Waals surface area contributed by atoms with Gasteiger partial charge in [0.25, 0.3) is 0 Å². The van der Waals surface area contributed by atoms with Gasteiger partial charge in [-0.15, -0.1) is 0 Å².